The number of rotatable bonds is 8. The minimum absolute atomic E-state index is 0. The first-order valence-corrected chi connectivity index (χ1v) is 6.89. The van der Waals surface area contributed by atoms with E-state index in [1.807, 2.05) is 24.3 Å². The zero-order valence-corrected chi connectivity index (χ0v) is 12.7. The number of halogens is 1. The highest BCUT2D eigenvalue weighted by Crippen LogP contribution is 2.27. The summed E-state index contributed by atoms with van der Waals surface area (Å²) >= 11 is 0. The Labute approximate surface area is 126 Å². The van der Waals surface area contributed by atoms with Gasteiger partial charge in [0.05, 0.1) is 13.7 Å². The summed E-state index contributed by atoms with van der Waals surface area (Å²) in [6.07, 6.45) is 3.41. The second-order valence-corrected chi connectivity index (χ2v) is 4.99. The van der Waals surface area contributed by atoms with Crippen molar-refractivity contribution in [2.75, 3.05) is 26.7 Å². The van der Waals surface area contributed by atoms with Crippen LogP contribution in [0.4, 0.5) is 0 Å². The van der Waals surface area contributed by atoms with Crippen molar-refractivity contribution in [2.24, 2.45) is 5.92 Å². The molecule has 5 heteroatoms. The lowest BCUT2D eigenvalue weighted by atomic mass is 10.1. The quantitative estimate of drug-likeness (QED) is 0.769. The van der Waals surface area contributed by atoms with E-state index >= 15 is 0 Å². The fourth-order valence-corrected chi connectivity index (χ4v) is 2.02. The molecule has 0 unspecified atom stereocenters. The van der Waals surface area contributed by atoms with E-state index in [9.17, 15) is 4.79 Å². The molecule has 0 aliphatic heterocycles. The van der Waals surface area contributed by atoms with Gasteiger partial charge in [0.25, 0.3) is 0 Å². The summed E-state index contributed by atoms with van der Waals surface area (Å²) in [5.41, 5.74) is 1.12. The Bertz CT molecular complexity index is 422. The molecule has 1 aliphatic carbocycles. The largest absolute Gasteiger partial charge is 0.496 e. The predicted molar refractivity (Wildman–Crippen MR) is 82.5 cm³/mol. The molecular formula is C15H23ClN2O2. The molecule has 2 N–H and O–H groups in total. The van der Waals surface area contributed by atoms with Gasteiger partial charge >= 0.3 is 0 Å². The number of hydrogen-bond donors (Lipinski definition) is 2. The molecule has 1 fully saturated rings. The van der Waals surface area contributed by atoms with Crippen LogP contribution in [0.5, 0.6) is 5.75 Å². The number of methoxy groups -OCH3 is 1. The lowest BCUT2D eigenvalue weighted by Gasteiger charge is -2.09. The number of benzene rings is 1. The van der Waals surface area contributed by atoms with Gasteiger partial charge in [-0.05, 0) is 43.4 Å². The van der Waals surface area contributed by atoms with Crippen LogP contribution in [0.15, 0.2) is 24.3 Å². The summed E-state index contributed by atoms with van der Waals surface area (Å²) in [5, 5.41) is 6.10. The Hall–Kier alpha value is -1.26. The monoisotopic (exact) mass is 298 g/mol. The van der Waals surface area contributed by atoms with E-state index in [0.717, 1.165) is 30.2 Å². The second-order valence-electron chi connectivity index (χ2n) is 4.99. The average molecular weight is 299 g/mol. The van der Waals surface area contributed by atoms with Crippen molar-refractivity contribution in [1.29, 1.82) is 0 Å². The van der Waals surface area contributed by atoms with Crippen molar-refractivity contribution in [1.82, 2.24) is 10.6 Å². The molecule has 0 saturated heterocycles. The molecule has 112 valence electrons. The van der Waals surface area contributed by atoms with Crippen LogP contribution >= 0.6 is 12.4 Å². The lowest BCUT2D eigenvalue weighted by molar-refractivity contribution is -0.120. The highest BCUT2D eigenvalue weighted by atomic mass is 35.5. The molecule has 0 spiro atoms. The molecule has 20 heavy (non-hydrogen) atoms. The number of para-hydroxylation sites is 1. The van der Waals surface area contributed by atoms with E-state index in [2.05, 4.69) is 10.6 Å². The molecule has 0 heterocycles. The first-order valence-electron chi connectivity index (χ1n) is 6.89. The normalized spacial score (nSPS) is 13.4. The van der Waals surface area contributed by atoms with Crippen LogP contribution in [0.1, 0.15) is 18.4 Å². The molecule has 0 atom stereocenters. The van der Waals surface area contributed by atoms with Crippen molar-refractivity contribution in [2.45, 2.75) is 19.3 Å². The Morgan fingerprint density at radius 2 is 2.10 bits per heavy atom. The van der Waals surface area contributed by atoms with Crippen LogP contribution in [-0.2, 0) is 11.2 Å². The Morgan fingerprint density at radius 3 is 2.80 bits per heavy atom. The fraction of sp³-hybridized carbons (Fsp3) is 0.533. The number of ether oxygens (including phenoxy) is 1. The summed E-state index contributed by atoms with van der Waals surface area (Å²) in [7, 11) is 1.67. The van der Waals surface area contributed by atoms with Crippen LogP contribution in [0.3, 0.4) is 0 Å². The van der Waals surface area contributed by atoms with Gasteiger partial charge in [-0.1, -0.05) is 18.2 Å². The Kier molecular flexibility index (Phi) is 7.41. The first-order chi connectivity index (χ1) is 9.29. The fourth-order valence-electron chi connectivity index (χ4n) is 2.02. The Balaban J connectivity index is 0.00000200. The van der Waals surface area contributed by atoms with Gasteiger partial charge in [-0.2, -0.15) is 0 Å². The van der Waals surface area contributed by atoms with Crippen molar-refractivity contribution in [3.8, 4) is 5.75 Å². The molecule has 0 aromatic heterocycles. The Morgan fingerprint density at radius 1 is 1.35 bits per heavy atom. The number of amides is 1. The summed E-state index contributed by atoms with van der Waals surface area (Å²) in [5.74, 6) is 1.75. The molecule has 1 saturated carbocycles. The van der Waals surface area contributed by atoms with E-state index < -0.39 is 0 Å². The van der Waals surface area contributed by atoms with Gasteiger partial charge in [0, 0.05) is 6.54 Å². The molecule has 1 amide bonds. The average Bonchev–Trinajstić information content (AvgIpc) is 3.23. The maximum atomic E-state index is 11.6. The molecule has 1 aromatic rings. The molecular weight excluding hydrogens is 276 g/mol. The summed E-state index contributed by atoms with van der Waals surface area (Å²) < 4.78 is 5.28. The molecule has 1 aromatic carbocycles. The highest BCUT2D eigenvalue weighted by molar-refractivity contribution is 5.85. The third kappa shape index (κ3) is 5.80. The molecule has 2 rings (SSSR count). The van der Waals surface area contributed by atoms with Crippen molar-refractivity contribution >= 4 is 18.3 Å². The van der Waals surface area contributed by atoms with Crippen LogP contribution < -0.4 is 15.4 Å². The van der Waals surface area contributed by atoms with E-state index in [-0.39, 0.29) is 18.3 Å². The standard InChI is InChI=1S/C15H22N2O2.ClH/c1-19-14-5-3-2-4-13(14)8-9-17-15(18)11-16-10-12-6-7-12;/h2-5,12,16H,6-11H2,1H3,(H,17,18);1H. The zero-order valence-electron chi connectivity index (χ0n) is 11.9. The van der Waals surface area contributed by atoms with Gasteiger partial charge < -0.3 is 15.4 Å². The van der Waals surface area contributed by atoms with Gasteiger partial charge in [-0.15, -0.1) is 12.4 Å². The third-order valence-corrected chi connectivity index (χ3v) is 3.32. The maximum absolute atomic E-state index is 11.6. The van der Waals surface area contributed by atoms with Crippen molar-refractivity contribution in [3.63, 3.8) is 0 Å². The van der Waals surface area contributed by atoms with E-state index in [1.165, 1.54) is 12.8 Å². The maximum Gasteiger partial charge on any atom is 0.233 e. The van der Waals surface area contributed by atoms with Crippen molar-refractivity contribution < 1.29 is 9.53 Å². The van der Waals surface area contributed by atoms with Gasteiger partial charge in [0.2, 0.25) is 5.91 Å². The molecule has 4 nitrogen and oxygen atoms in total. The van der Waals surface area contributed by atoms with E-state index in [4.69, 9.17) is 4.74 Å². The predicted octanol–water partition coefficient (Wildman–Crippen LogP) is 1.78. The molecule has 0 radical (unpaired) electrons. The van der Waals surface area contributed by atoms with Crippen LogP contribution in [0, 0.1) is 5.92 Å². The van der Waals surface area contributed by atoms with E-state index in [0.29, 0.717) is 13.1 Å². The van der Waals surface area contributed by atoms with E-state index in [1.54, 1.807) is 7.11 Å². The van der Waals surface area contributed by atoms with Crippen LogP contribution in [0.25, 0.3) is 0 Å². The highest BCUT2D eigenvalue weighted by Gasteiger charge is 2.20. The molecule has 0 bridgehead atoms. The topological polar surface area (TPSA) is 50.4 Å². The minimum atomic E-state index is 0. The summed E-state index contributed by atoms with van der Waals surface area (Å²) in [6.45, 7) is 2.03. The van der Waals surface area contributed by atoms with Gasteiger partial charge in [-0.25, -0.2) is 0 Å². The SMILES string of the molecule is COc1ccccc1CCNC(=O)CNCC1CC1.Cl. The summed E-state index contributed by atoms with van der Waals surface area (Å²) in [4.78, 5) is 11.6. The number of carbonyl (C=O) groups excluding carboxylic acids is 1. The minimum Gasteiger partial charge on any atom is -0.496 e. The van der Waals surface area contributed by atoms with Gasteiger partial charge in [-0.3, -0.25) is 4.79 Å². The zero-order chi connectivity index (χ0) is 13.5. The summed E-state index contributed by atoms with van der Waals surface area (Å²) in [6, 6.07) is 7.89. The number of hydrogen-bond acceptors (Lipinski definition) is 3. The number of carbonyl (C=O) groups is 1. The third-order valence-electron chi connectivity index (χ3n) is 3.32. The smallest absolute Gasteiger partial charge is 0.233 e. The van der Waals surface area contributed by atoms with Crippen molar-refractivity contribution in [3.05, 3.63) is 29.8 Å². The van der Waals surface area contributed by atoms with Crippen LogP contribution in [-0.4, -0.2) is 32.7 Å². The first kappa shape index (κ1) is 16.8. The van der Waals surface area contributed by atoms with Crippen LogP contribution in [0.2, 0.25) is 0 Å². The lowest BCUT2D eigenvalue weighted by Crippen LogP contribution is -2.35. The van der Waals surface area contributed by atoms with Gasteiger partial charge in [0.15, 0.2) is 0 Å². The number of nitrogens with one attached hydrogen (secondary N) is 2. The molecule has 1 aliphatic rings. The second kappa shape index (κ2) is 8.82. The van der Waals surface area contributed by atoms with Gasteiger partial charge in [0.1, 0.15) is 5.75 Å².